The monoisotopic (exact) mass is 362 g/mol. The molecule has 130 valence electrons. The third-order valence-corrected chi connectivity index (χ3v) is 4.69. The van der Waals surface area contributed by atoms with E-state index in [-0.39, 0.29) is 35.8 Å². The van der Waals surface area contributed by atoms with Crippen LogP contribution in [0.15, 0.2) is 53.4 Å². The summed E-state index contributed by atoms with van der Waals surface area (Å²) in [5.74, 6) is -0.999. The lowest BCUT2D eigenvalue weighted by atomic mass is 10.2. The minimum absolute atomic E-state index is 0.0134. The maximum Gasteiger partial charge on any atom is 0.338 e. The van der Waals surface area contributed by atoms with Gasteiger partial charge in [-0.05, 0) is 42.0 Å². The Morgan fingerprint density at radius 1 is 1.12 bits per heavy atom. The number of nitrogens with zero attached hydrogens (tertiary/aromatic N) is 1. The van der Waals surface area contributed by atoms with Crippen LogP contribution in [0, 0.1) is 17.1 Å². The van der Waals surface area contributed by atoms with Gasteiger partial charge in [0.1, 0.15) is 12.4 Å². The second-order valence-electron chi connectivity index (χ2n) is 5.03. The largest absolute Gasteiger partial charge is 0.457 e. The molecule has 0 fully saturated rings. The molecule has 0 amide bonds. The van der Waals surface area contributed by atoms with E-state index in [2.05, 4.69) is 4.72 Å². The molecular weight excluding hydrogens is 347 g/mol. The van der Waals surface area contributed by atoms with Crippen molar-refractivity contribution in [2.24, 2.45) is 0 Å². The smallest absolute Gasteiger partial charge is 0.338 e. The first kappa shape index (κ1) is 18.6. The number of nitrogens with one attached hydrogen (secondary N) is 1. The van der Waals surface area contributed by atoms with Gasteiger partial charge in [-0.2, -0.15) is 5.26 Å². The molecule has 8 heteroatoms. The fourth-order valence-corrected chi connectivity index (χ4v) is 2.94. The third-order valence-electron chi connectivity index (χ3n) is 3.21. The highest BCUT2D eigenvalue weighted by atomic mass is 32.2. The lowest BCUT2D eigenvalue weighted by Crippen LogP contribution is -2.24. The van der Waals surface area contributed by atoms with E-state index in [1.807, 2.05) is 6.07 Å². The van der Waals surface area contributed by atoms with Crippen LogP contribution in [0.2, 0.25) is 0 Å². The molecule has 0 aromatic heterocycles. The molecule has 6 nitrogen and oxygen atoms in total. The number of hydrogen-bond acceptors (Lipinski definition) is 5. The third kappa shape index (κ3) is 5.38. The normalized spacial score (nSPS) is 10.9. The number of ether oxygens (including phenoxy) is 1. The molecule has 0 spiro atoms. The number of carbonyl (C=O) groups is 1. The molecule has 2 rings (SSSR count). The number of sulfonamides is 1. The van der Waals surface area contributed by atoms with Crippen molar-refractivity contribution in [1.82, 2.24) is 4.72 Å². The molecule has 0 aliphatic carbocycles. The number of halogens is 1. The second-order valence-corrected chi connectivity index (χ2v) is 6.80. The van der Waals surface area contributed by atoms with E-state index in [1.165, 1.54) is 48.5 Å². The van der Waals surface area contributed by atoms with Crippen molar-refractivity contribution < 1.29 is 22.3 Å². The van der Waals surface area contributed by atoms with Crippen LogP contribution in [0.3, 0.4) is 0 Å². The Labute approximate surface area is 144 Å². The van der Waals surface area contributed by atoms with Gasteiger partial charge < -0.3 is 4.74 Å². The summed E-state index contributed by atoms with van der Waals surface area (Å²) in [5, 5.41) is 8.42. The first-order chi connectivity index (χ1) is 11.9. The van der Waals surface area contributed by atoms with Gasteiger partial charge in [0.05, 0.1) is 16.5 Å². The van der Waals surface area contributed by atoms with Crippen LogP contribution in [-0.2, 0) is 21.4 Å². The molecule has 0 unspecified atom stereocenters. The zero-order chi connectivity index (χ0) is 18.3. The first-order valence-electron chi connectivity index (χ1n) is 7.30. The van der Waals surface area contributed by atoms with Crippen LogP contribution in [0.25, 0.3) is 0 Å². The van der Waals surface area contributed by atoms with E-state index in [9.17, 15) is 17.6 Å². The van der Waals surface area contributed by atoms with Gasteiger partial charge in [0, 0.05) is 13.0 Å². The van der Waals surface area contributed by atoms with Crippen molar-refractivity contribution in [3.63, 3.8) is 0 Å². The zero-order valence-corrected chi connectivity index (χ0v) is 13.9. The summed E-state index contributed by atoms with van der Waals surface area (Å²) in [5.41, 5.74) is 0.828. The highest BCUT2D eigenvalue weighted by molar-refractivity contribution is 7.89. The summed E-state index contributed by atoms with van der Waals surface area (Å²) in [6.45, 7) is -0.00479. The van der Waals surface area contributed by atoms with Gasteiger partial charge in [0.25, 0.3) is 0 Å². The highest BCUT2D eigenvalue weighted by Gasteiger charge is 2.15. The summed E-state index contributed by atoms with van der Waals surface area (Å²) in [4.78, 5) is 11.9. The fourth-order valence-electron chi connectivity index (χ4n) is 1.91. The molecule has 0 bridgehead atoms. The van der Waals surface area contributed by atoms with E-state index in [1.54, 1.807) is 0 Å². The minimum atomic E-state index is -3.72. The Bertz CT molecular complexity index is 872. The van der Waals surface area contributed by atoms with Crippen LogP contribution in [-0.4, -0.2) is 20.9 Å². The number of benzene rings is 2. The molecule has 0 aliphatic rings. The summed E-state index contributed by atoms with van der Waals surface area (Å²) in [6.07, 6.45) is 0.0625. The predicted octanol–water partition coefficient (Wildman–Crippen LogP) is 2.37. The minimum Gasteiger partial charge on any atom is -0.457 e. The Morgan fingerprint density at radius 3 is 2.36 bits per heavy atom. The summed E-state index contributed by atoms with van der Waals surface area (Å²) in [6, 6.07) is 12.6. The van der Waals surface area contributed by atoms with Gasteiger partial charge in [0.2, 0.25) is 10.0 Å². The Morgan fingerprint density at radius 2 is 1.76 bits per heavy atom. The first-order valence-corrected chi connectivity index (χ1v) is 8.79. The van der Waals surface area contributed by atoms with Gasteiger partial charge in [-0.15, -0.1) is 0 Å². The molecule has 0 saturated heterocycles. The van der Waals surface area contributed by atoms with Crippen LogP contribution in [0.1, 0.15) is 22.3 Å². The maximum atomic E-state index is 12.8. The highest BCUT2D eigenvalue weighted by Crippen LogP contribution is 2.12. The molecule has 2 aromatic rings. The molecule has 0 saturated carbocycles. The van der Waals surface area contributed by atoms with Crippen LogP contribution >= 0.6 is 0 Å². The zero-order valence-electron chi connectivity index (χ0n) is 13.1. The van der Waals surface area contributed by atoms with Crippen LogP contribution in [0.4, 0.5) is 4.39 Å². The van der Waals surface area contributed by atoms with Crippen molar-refractivity contribution >= 4 is 16.0 Å². The van der Waals surface area contributed by atoms with Crippen molar-refractivity contribution in [2.75, 3.05) is 6.54 Å². The predicted molar refractivity (Wildman–Crippen MR) is 87.4 cm³/mol. The lowest BCUT2D eigenvalue weighted by Gasteiger charge is -2.07. The van der Waals surface area contributed by atoms with Gasteiger partial charge >= 0.3 is 5.97 Å². The van der Waals surface area contributed by atoms with E-state index in [0.29, 0.717) is 5.56 Å². The average molecular weight is 362 g/mol. The number of nitriles is 1. The number of carbonyl (C=O) groups excluding carboxylic acids is 1. The number of esters is 1. The molecular formula is C17H15FN2O4S. The van der Waals surface area contributed by atoms with Gasteiger partial charge in [-0.3, -0.25) is 0 Å². The number of rotatable bonds is 7. The van der Waals surface area contributed by atoms with Crippen molar-refractivity contribution in [2.45, 2.75) is 17.9 Å². The quantitative estimate of drug-likeness (QED) is 0.602. The molecule has 2 aromatic carbocycles. The second kappa shape index (κ2) is 8.37. The van der Waals surface area contributed by atoms with Crippen molar-refractivity contribution in [3.8, 4) is 6.07 Å². The lowest BCUT2D eigenvalue weighted by molar-refractivity contribution is 0.0472. The van der Waals surface area contributed by atoms with Gasteiger partial charge in [0.15, 0.2) is 0 Å². The van der Waals surface area contributed by atoms with Crippen molar-refractivity contribution in [3.05, 3.63) is 65.5 Å². The Hall–Kier alpha value is -2.76. The summed E-state index contributed by atoms with van der Waals surface area (Å²) >= 11 is 0. The van der Waals surface area contributed by atoms with E-state index in [0.717, 1.165) is 0 Å². The van der Waals surface area contributed by atoms with Gasteiger partial charge in [-0.25, -0.2) is 22.3 Å². The van der Waals surface area contributed by atoms with Crippen molar-refractivity contribution in [1.29, 1.82) is 5.26 Å². The fraction of sp³-hybridized carbons (Fsp3) is 0.176. The van der Waals surface area contributed by atoms with Gasteiger partial charge in [-0.1, -0.05) is 12.1 Å². The Balaban J connectivity index is 1.97. The van der Waals surface area contributed by atoms with E-state index >= 15 is 0 Å². The van der Waals surface area contributed by atoms with Crippen LogP contribution in [0.5, 0.6) is 0 Å². The molecule has 1 N–H and O–H groups in total. The summed E-state index contributed by atoms with van der Waals surface area (Å²) < 4.78 is 44.1. The molecule has 25 heavy (non-hydrogen) atoms. The number of hydrogen-bond donors (Lipinski definition) is 1. The SMILES string of the molecule is N#CCCNS(=O)(=O)c1ccc(C(=O)OCc2ccc(F)cc2)cc1. The molecule has 0 heterocycles. The molecule has 0 aliphatic heterocycles. The topological polar surface area (TPSA) is 96.3 Å². The summed E-state index contributed by atoms with van der Waals surface area (Å²) in [7, 11) is -3.72. The Kier molecular flexibility index (Phi) is 6.22. The van der Waals surface area contributed by atoms with E-state index in [4.69, 9.17) is 10.00 Å². The average Bonchev–Trinajstić information content (AvgIpc) is 2.61. The maximum absolute atomic E-state index is 12.8. The molecule has 0 atom stereocenters. The standard InChI is InChI=1S/C17H15FN2O4S/c18-15-6-2-13(3-7-15)12-24-17(21)14-4-8-16(9-5-14)25(22,23)20-11-1-10-19/h2-9,20H,1,11-12H2. The van der Waals surface area contributed by atoms with E-state index < -0.39 is 16.0 Å². The molecule has 0 radical (unpaired) electrons. The van der Waals surface area contributed by atoms with Crippen LogP contribution < -0.4 is 4.72 Å².